The molecule has 1 heterocycles. The lowest BCUT2D eigenvalue weighted by Gasteiger charge is -2.16. The Hall–Kier alpha value is -3.75. The predicted molar refractivity (Wildman–Crippen MR) is 101 cm³/mol. The second-order valence-corrected chi connectivity index (χ2v) is 6.21. The molecule has 3 rings (SSSR count). The van der Waals surface area contributed by atoms with E-state index in [-0.39, 0.29) is 17.2 Å². The van der Waals surface area contributed by atoms with Gasteiger partial charge in [0.1, 0.15) is 0 Å². The van der Waals surface area contributed by atoms with Gasteiger partial charge < -0.3 is 4.90 Å². The molecule has 0 saturated carbocycles. The molecule has 0 saturated heterocycles. The lowest BCUT2D eigenvalue weighted by atomic mass is 10.1. The van der Waals surface area contributed by atoms with Crippen molar-refractivity contribution in [2.75, 3.05) is 11.4 Å². The zero-order chi connectivity index (χ0) is 20.3. The second kappa shape index (κ2) is 7.87. The van der Waals surface area contributed by atoms with Crippen molar-refractivity contribution in [3.63, 3.8) is 0 Å². The van der Waals surface area contributed by atoms with E-state index in [9.17, 15) is 24.5 Å². The van der Waals surface area contributed by atoms with Crippen LogP contribution in [0.15, 0.2) is 42.5 Å². The van der Waals surface area contributed by atoms with Crippen molar-refractivity contribution in [2.24, 2.45) is 0 Å². The highest BCUT2D eigenvalue weighted by molar-refractivity contribution is 6.00. The fraction of sp³-hybridized carbons (Fsp3) is 0.211. The van der Waals surface area contributed by atoms with Crippen molar-refractivity contribution in [3.05, 3.63) is 69.3 Å². The molecule has 2 aromatic rings. The maximum absolute atomic E-state index is 12.3. The summed E-state index contributed by atoms with van der Waals surface area (Å²) in [6, 6.07) is 10.2. The van der Waals surface area contributed by atoms with E-state index in [0.717, 1.165) is 17.3 Å². The van der Waals surface area contributed by atoms with Gasteiger partial charge in [-0.2, -0.15) is 0 Å². The number of carbonyl (C=O) groups is 3. The van der Waals surface area contributed by atoms with E-state index in [1.807, 2.05) is 0 Å². The summed E-state index contributed by atoms with van der Waals surface area (Å²) in [5, 5.41) is 10.8. The largest absolute Gasteiger partial charge is 0.312 e. The summed E-state index contributed by atoms with van der Waals surface area (Å²) in [6.07, 6.45) is 1.06. The number of nitro benzene ring substituents is 1. The summed E-state index contributed by atoms with van der Waals surface area (Å²) in [5.41, 5.74) is 6.39. The summed E-state index contributed by atoms with van der Waals surface area (Å²) in [4.78, 5) is 48.2. The minimum absolute atomic E-state index is 0.0279. The predicted octanol–water partition coefficient (Wildman–Crippen LogP) is 1.97. The summed E-state index contributed by atoms with van der Waals surface area (Å²) in [6.45, 7) is 2.38. The average Bonchev–Trinajstić information content (AvgIpc) is 3.14. The van der Waals surface area contributed by atoms with Gasteiger partial charge in [0.15, 0.2) is 0 Å². The minimum Gasteiger partial charge on any atom is -0.312 e. The van der Waals surface area contributed by atoms with Crippen LogP contribution in [0, 0.1) is 10.1 Å². The fourth-order valence-corrected chi connectivity index (χ4v) is 3.01. The smallest absolute Gasteiger partial charge is 0.270 e. The number of anilines is 1. The first-order chi connectivity index (χ1) is 13.4. The van der Waals surface area contributed by atoms with E-state index >= 15 is 0 Å². The third-order valence-corrected chi connectivity index (χ3v) is 4.45. The molecular formula is C19H18N4O5. The molecule has 0 bridgehead atoms. The SMILES string of the molecule is CCC(=O)N1CCc2cc(C(=O)NNC(=O)c3cccc([N+](=O)[O-])c3)ccc21. The molecule has 9 nitrogen and oxygen atoms in total. The molecule has 28 heavy (non-hydrogen) atoms. The van der Waals surface area contributed by atoms with Crippen LogP contribution >= 0.6 is 0 Å². The number of non-ortho nitro benzene ring substituents is 1. The third-order valence-electron chi connectivity index (χ3n) is 4.45. The van der Waals surface area contributed by atoms with Gasteiger partial charge in [0, 0.05) is 41.9 Å². The minimum atomic E-state index is -0.669. The highest BCUT2D eigenvalue weighted by Crippen LogP contribution is 2.29. The van der Waals surface area contributed by atoms with E-state index in [0.29, 0.717) is 24.9 Å². The maximum Gasteiger partial charge on any atom is 0.270 e. The number of hydrogen-bond donors (Lipinski definition) is 2. The van der Waals surface area contributed by atoms with E-state index in [1.165, 1.54) is 18.2 Å². The van der Waals surface area contributed by atoms with Crippen LogP contribution < -0.4 is 15.8 Å². The number of nitrogens with zero attached hydrogens (tertiary/aromatic N) is 2. The van der Waals surface area contributed by atoms with Gasteiger partial charge >= 0.3 is 0 Å². The number of hydrogen-bond acceptors (Lipinski definition) is 5. The zero-order valence-electron chi connectivity index (χ0n) is 15.1. The Balaban J connectivity index is 1.66. The molecule has 0 unspecified atom stereocenters. The van der Waals surface area contributed by atoms with Crippen LogP contribution in [0.5, 0.6) is 0 Å². The molecule has 0 atom stereocenters. The van der Waals surface area contributed by atoms with Crippen LogP contribution in [-0.2, 0) is 11.2 Å². The van der Waals surface area contributed by atoms with Crippen molar-refractivity contribution < 1.29 is 19.3 Å². The molecule has 2 N–H and O–H groups in total. The number of benzene rings is 2. The molecule has 144 valence electrons. The molecule has 0 aromatic heterocycles. The first kappa shape index (κ1) is 19.0. The Morgan fingerprint density at radius 1 is 1.07 bits per heavy atom. The average molecular weight is 382 g/mol. The van der Waals surface area contributed by atoms with Gasteiger partial charge in [0.2, 0.25) is 5.91 Å². The van der Waals surface area contributed by atoms with Gasteiger partial charge in [-0.3, -0.25) is 35.3 Å². The van der Waals surface area contributed by atoms with Gasteiger partial charge in [-0.05, 0) is 36.2 Å². The van der Waals surface area contributed by atoms with Gasteiger partial charge in [-0.15, -0.1) is 0 Å². The molecule has 9 heteroatoms. The monoisotopic (exact) mass is 382 g/mol. The molecule has 0 fully saturated rings. The van der Waals surface area contributed by atoms with Crippen LogP contribution in [0.25, 0.3) is 0 Å². The van der Waals surface area contributed by atoms with E-state index in [1.54, 1.807) is 30.0 Å². The topological polar surface area (TPSA) is 122 Å². The molecule has 1 aliphatic heterocycles. The van der Waals surface area contributed by atoms with Crippen LogP contribution in [-0.4, -0.2) is 29.2 Å². The number of rotatable bonds is 4. The number of carbonyl (C=O) groups excluding carboxylic acids is 3. The summed E-state index contributed by atoms with van der Waals surface area (Å²) in [7, 11) is 0. The summed E-state index contributed by atoms with van der Waals surface area (Å²) >= 11 is 0. The first-order valence-corrected chi connectivity index (χ1v) is 8.69. The third kappa shape index (κ3) is 3.83. The fourth-order valence-electron chi connectivity index (χ4n) is 3.01. The van der Waals surface area contributed by atoms with Crippen molar-refractivity contribution in [1.29, 1.82) is 0 Å². The van der Waals surface area contributed by atoms with E-state index in [2.05, 4.69) is 10.9 Å². The van der Waals surface area contributed by atoms with Crippen molar-refractivity contribution in [3.8, 4) is 0 Å². The van der Waals surface area contributed by atoms with Crippen molar-refractivity contribution >= 4 is 29.1 Å². The second-order valence-electron chi connectivity index (χ2n) is 6.21. The Kier molecular flexibility index (Phi) is 5.35. The Morgan fingerprint density at radius 2 is 1.75 bits per heavy atom. The number of amides is 3. The van der Waals surface area contributed by atoms with Crippen molar-refractivity contribution in [1.82, 2.24) is 10.9 Å². The molecule has 0 spiro atoms. The van der Waals surface area contributed by atoms with Crippen LogP contribution in [0.2, 0.25) is 0 Å². The zero-order valence-corrected chi connectivity index (χ0v) is 15.1. The first-order valence-electron chi connectivity index (χ1n) is 8.69. The molecule has 0 radical (unpaired) electrons. The molecule has 3 amide bonds. The normalized spacial score (nSPS) is 12.2. The Morgan fingerprint density at radius 3 is 2.39 bits per heavy atom. The quantitative estimate of drug-likeness (QED) is 0.618. The highest BCUT2D eigenvalue weighted by Gasteiger charge is 2.24. The van der Waals surface area contributed by atoms with E-state index < -0.39 is 16.7 Å². The number of hydrazine groups is 1. The Labute approximate surface area is 160 Å². The molecule has 2 aromatic carbocycles. The maximum atomic E-state index is 12.3. The van der Waals surface area contributed by atoms with Crippen LogP contribution in [0.3, 0.4) is 0 Å². The Bertz CT molecular complexity index is 973. The number of nitro groups is 1. The van der Waals surface area contributed by atoms with Gasteiger partial charge in [-0.1, -0.05) is 13.0 Å². The summed E-state index contributed by atoms with van der Waals surface area (Å²) in [5.74, 6) is -1.17. The molecule has 1 aliphatic rings. The molecule has 0 aliphatic carbocycles. The van der Waals surface area contributed by atoms with Gasteiger partial charge in [0.25, 0.3) is 17.5 Å². The van der Waals surface area contributed by atoms with Gasteiger partial charge in [0.05, 0.1) is 4.92 Å². The van der Waals surface area contributed by atoms with E-state index in [4.69, 9.17) is 0 Å². The van der Waals surface area contributed by atoms with Crippen molar-refractivity contribution in [2.45, 2.75) is 19.8 Å². The van der Waals surface area contributed by atoms with Crippen LogP contribution in [0.4, 0.5) is 11.4 Å². The highest BCUT2D eigenvalue weighted by atomic mass is 16.6. The standard InChI is InChI=1S/C19H18N4O5/c1-2-17(24)22-9-8-12-10-14(6-7-16(12)22)19(26)21-20-18(25)13-4-3-5-15(11-13)23(27)28/h3-7,10-11H,2,8-9H2,1H3,(H,20,25)(H,21,26). The van der Waals surface area contributed by atoms with Gasteiger partial charge in [-0.25, -0.2) is 0 Å². The number of fused-ring (bicyclic) bond motifs is 1. The lowest BCUT2D eigenvalue weighted by Crippen LogP contribution is -2.41. The lowest BCUT2D eigenvalue weighted by molar-refractivity contribution is -0.384. The van der Waals surface area contributed by atoms with Crippen LogP contribution in [0.1, 0.15) is 39.6 Å². The summed E-state index contributed by atoms with van der Waals surface area (Å²) < 4.78 is 0. The number of nitrogens with one attached hydrogen (secondary N) is 2. The molecular weight excluding hydrogens is 364 g/mol.